The first kappa shape index (κ1) is 15.8. The Hall–Kier alpha value is -3.66. The monoisotopic (exact) mass is 344 g/mol. The smallest absolute Gasteiger partial charge is 0.135 e. The lowest BCUT2D eigenvalue weighted by atomic mass is 10.1. The normalized spacial score (nSPS) is 10.6. The zero-order valence-corrected chi connectivity index (χ0v) is 13.8. The van der Waals surface area contributed by atoms with E-state index in [4.69, 9.17) is 9.47 Å². The largest absolute Gasteiger partial charge is 0.508 e. The molecule has 0 amide bonds. The third-order valence-corrected chi connectivity index (χ3v) is 3.97. The lowest BCUT2D eigenvalue weighted by Gasteiger charge is -2.13. The molecule has 0 saturated heterocycles. The van der Waals surface area contributed by atoms with Crippen molar-refractivity contribution in [3.8, 4) is 34.5 Å². The topological polar surface area (TPSA) is 58.9 Å². The molecule has 0 unspecified atom stereocenters. The fourth-order valence-electron chi connectivity index (χ4n) is 2.70. The zero-order valence-electron chi connectivity index (χ0n) is 13.8. The number of benzene rings is 4. The van der Waals surface area contributed by atoms with Gasteiger partial charge in [-0.25, -0.2) is 0 Å². The zero-order chi connectivity index (χ0) is 17.9. The van der Waals surface area contributed by atoms with E-state index >= 15 is 0 Å². The number of phenols is 2. The van der Waals surface area contributed by atoms with Crippen LogP contribution in [-0.2, 0) is 0 Å². The lowest BCUT2D eigenvalue weighted by molar-refractivity contribution is 0.462. The highest BCUT2D eigenvalue weighted by atomic mass is 16.5. The van der Waals surface area contributed by atoms with Gasteiger partial charge in [0.1, 0.15) is 34.5 Å². The van der Waals surface area contributed by atoms with Crippen molar-refractivity contribution in [3.05, 3.63) is 84.9 Å². The first-order chi connectivity index (χ1) is 12.7. The molecule has 4 heteroatoms. The van der Waals surface area contributed by atoms with Gasteiger partial charge in [0.05, 0.1) is 0 Å². The van der Waals surface area contributed by atoms with Crippen LogP contribution in [0.5, 0.6) is 34.5 Å². The van der Waals surface area contributed by atoms with Gasteiger partial charge in [-0.15, -0.1) is 0 Å². The van der Waals surface area contributed by atoms with Crippen LogP contribution in [0.25, 0.3) is 10.8 Å². The van der Waals surface area contributed by atoms with Crippen molar-refractivity contribution in [2.45, 2.75) is 0 Å². The van der Waals surface area contributed by atoms with E-state index in [1.807, 2.05) is 36.4 Å². The van der Waals surface area contributed by atoms with E-state index in [-0.39, 0.29) is 11.5 Å². The molecule has 0 saturated carbocycles. The van der Waals surface area contributed by atoms with E-state index in [1.165, 1.54) is 0 Å². The number of hydrogen-bond donors (Lipinski definition) is 2. The SMILES string of the molecule is Oc1ccc(Oc2ccc(Oc3ccc(O)cc3)c3ccccc23)cc1. The van der Waals surface area contributed by atoms with E-state index in [0.29, 0.717) is 23.0 Å². The van der Waals surface area contributed by atoms with Crippen LogP contribution < -0.4 is 9.47 Å². The molecule has 0 fully saturated rings. The molecule has 128 valence electrons. The van der Waals surface area contributed by atoms with Crippen molar-refractivity contribution in [2.24, 2.45) is 0 Å². The fraction of sp³-hybridized carbons (Fsp3) is 0. The fourth-order valence-corrected chi connectivity index (χ4v) is 2.70. The van der Waals surface area contributed by atoms with Crippen LogP contribution in [0, 0.1) is 0 Å². The molecule has 2 N–H and O–H groups in total. The summed E-state index contributed by atoms with van der Waals surface area (Å²) in [5.41, 5.74) is 0. The number of phenolic OH excluding ortho intramolecular Hbond substituents is 2. The quantitative estimate of drug-likeness (QED) is 0.488. The summed E-state index contributed by atoms with van der Waals surface area (Å²) in [5, 5.41) is 20.6. The van der Waals surface area contributed by atoms with Gasteiger partial charge in [0, 0.05) is 10.8 Å². The highest BCUT2D eigenvalue weighted by Crippen LogP contribution is 2.37. The highest BCUT2D eigenvalue weighted by Gasteiger charge is 2.09. The number of hydrogen-bond acceptors (Lipinski definition) is 4. The molecule has 0 aliphatic carbocycles. The van der Waals surface area contributed by atoms with Gasteiger partial charge in [-0.2, -0.15) is 0 Å². The molecule has 0 bridgehead atoms. The van der Waals surface area contributed by atoms with Crippen LogP contribution in [0.4, 0.5) is 0 Å². The number of fused-ring (bicyclic) bond motifs is 1. The Morgan fingerprint density at radius 2 is 0.846 bits per heavy atom. The molecule has 0 radical (unpaired) electrons. The molecule has 0 spiro atoms. The predicted molar refractivity (Wildman–Crippen MR) is 100 cm³/mol. The highest BCUT2D eigenvalue weighted by molar-refractivity contribution is 5.93. The van der Waals surface area contributed by atoms with Crippen LogP contribution in [0.15, 0.2) is 84.9 Å². The average Bonchev–Trinajstić information content (AvgIpc) is 2.67. The molecular weight excluding hydrogens is 328 g/mol. The van der Waals surface area contributed by atoms with Crippen molar-refractivity contribution in [1.82, 2.24) is 0 Å². The molecule has 0 aromatic heterocycles. The van der Waals surface area contributed by atoms with Crippen molar-refractivity contribution in [3.63, 3.8) is 0 Å². The minimum Gasteiger partial charge on any atom is -0.508 e. The van der Waals surface area contributed by atoms with Crippen LogP contribution in [0.3, 0.4) is 0 Å². The maximum atomic E-state index is 9.40. The Balaban J connectivity index is 1.70. The summed E-state index contributed by atoms with van der Waals surface area (Å²) in [6.45, 7) is 0. The summed E-state index contributed by atoms with van der Waals surface area (Å²) >= 11 is 0. The summed E-state index contributed by atoms with van der Waals surface area (Å²) in [5.74, 6) is 3.06. The minimum atomic E-state index is 0.194. The van der Waals surface area contributed by atoms with Crippen molar-refractivity contribution < 1.29 is 19.7 Å². The Labute approximate surface area is 150 Å². The van der Waals surface area contributed by atoms with Gasteiger partial charge >= 0.3 is 0 Å². The van der Waals surface area contributed by atoms with Gasteiger partial charge in [-0.05, 0) is 60.7 Å². The first-order valence-corrected chi connectivity index (χ1v) is 8.14. The van der Waals surface area contributed by atoms with Gasteiger partial charge in [-0.3, -0.25) is 0 Å². The molecule has 26 heavy (non-hydrogen) atoms. The van der Waals surface area contributed by atoms with E-state index < -0.39 is 0 Å². The third kappa shape index (κ3) is 3.26. The third-order valence-electron chi connectivity index (χ3n) is 3.97. The van der Waals surface area contributed by atoms with Crippen LogP contribution >= 0.6 is 0 Å². The van der Waals surface area contributed by atoms with Crippen molar-refractivity contribution in [2.75, 3.05) is 0 Å². The summed E-state index contributed by atoms with van der Waals surface area (Å²) < 4.78 is 11.9. The van der Waals surface area contributed by atoms with E-state index in [1.54, 1.807) is 48.5 Å². The van der Waals surface area contributed by atoms with Crippen LogP contribution in [0.1, 0.15) is 0 Å². The maximum Gasteiger partial charge on any atom is 0.135 e. The number of rotatable bonds is 4. The summed E-state index contributed by atoms with van der Waals surface area (Å²) in [7, 11) is 0. The summed E-state index contributed by atoms with van der Waals surface area (Å²) in [6.07, 6.45) is 0. The molecule has 0 aliphatic rings. The first-order valence-electron chi connectivity index (χ1n) is 8.14. The van der Waals surface area contributed by atoms with Crippen LogP contribution in [-0.4, -0.2) is 10.2 Å². The summed E-state index contributed by atoms with van der Waals surface area (Å²) in [4.78, 5) is 0. The Morgan fingerprint density at radius 1 is 0.462 bits per heavy atom. The second kappa shape index (κ2) is 6.69. The minimum absolute atomic E-state index is 0.194. The molecule has 4 aromatic carbocycles. The van der Waals surface area contributed by atoms with Gasteiger partial charge in [-0.1, -0.05) is 24.3 Å². The van der Waals surface area contributed by atoms with Crippen molar-refractivity contribution in [1.29, 1.82) is 0 Å². The Kier molecular flexibility index (Phi) is 4.07. The standard InChI is InChI=1S/C22H16O4/c23-15-5-9-17(10-6-15)25-21-13-14-22(20-4-2-1-3-19(20)21)26-18-11-7-16(24)8-12-18/h1-14,23-24H. The summed E-state index contributed by atoms with van der Waals surface area (Å²) in [6, 6.07) is 24.7. The second-order valence-corrected chi connectivity index (χ2v) is 5.80. The lowest BCUT2D eigenvalue weighted by Crippen LogP contribution is -1.89. The van der Waals surface area contributed by atoms with E-state index in [2.05, 4.69) is 0 Å². The molecule has 0 atom stereocenters. The molecule has 4 nitrogen and oxygen atoms in total. The van der Waals surface area contributed by atoms with Crippen LogP contribution in [0.2, 0.25) is 0 Å². The molecule has 4 aromatic rings. The average molecular weight is 344 g/mol. The molecule has 0 aliphatic heterocycles. The maximum absolute atomic E-state index is 9.40. The predicted octanol–water partition coefficient (Wildman–Crippen LogP) is 5.84. The Bertz CT molecular complexity index is 952. The van der Waals surface area contributed by atoms with Gasteiger partial charge < -0.3 is 19.7 Å². The van der Waals surface area contributed by atoms with Gasteiger partial charge in [0.15, 0.2) is 0 Å². The van der Waals surface area contributed by atoms with E-state index in [0.717, 1.165) is 10.8 Å². The second-order valence-electron chi connectivity index (χ2n) is 5.80. The molecular formula is C22H16O4. The van der Waals surface area contributed by atoms with Crippen molar-refractivity contribution >= 4 is 10.8 Å². The Morgan fingerprint density at radius 3 is 1.23 bits per heavy atom. The molecule has 0 heterocycles. The molecule has 4 rings (SSSR count). The van der Waals surface area contributed by atoms with Gasteiger partial charge in [0.25, 0.3) is 0 Å². The van der Waals surface area contributed by atoms with E-state index in [9.17, 15) is 10.2 Å². The van der Waals surface area contributed by atoms with Gasteiger partial charge in [0.2, 0.25) is 0 Å². The number of aromatic hydroxyl groups is 2. The number of ether oxygens (including phenoxy) is 2.